The second-order valence-corrected chi connectivity index (χ2v) is 9.98. The molecule has 3 aliphatic rings. The Morgan fingerprint density at radius 1 is 1.03 bits per heavy atom. The summed E-state index contributed by atoms with van der Waals surface area (Å²) in [5, 5.41) is 39.6. The summed E-state index contributed by atoms with van der Waals surface area (Å²) < 4.78 is 29.4. The van der Waals surface area contributed by atoms with E-state index in [1.807, 2.05) is 0 Å². The van der Waals surface area contributed by atoms with E-state index in [1.54, 1.807) is 18.2 Å². The quantitative estimate of drug-likeness (QED) is 0.508. The Hall–Kier alpha value is -1.46. The van der Waals surface area contributed by atoms with Crippen LogP contribution in [0.25, 0.3) is 0 Å². The third-order valence-electron chi connectivity index (χ3n) is 7.21. The van der Waals surface area contributed by atoms with Crippen LogP contribution in [0.5, 0.6) is 11.5 Å². The number of aliphatic hydroxyl groups excluding tert-OH is 4. The number of aliphatic hydroxyl groups is 4. The molecule has 0 spiro atoms. The summed E-state index contributed by atoms with van der Waals surface area (Å²) in [7, 11) is 1.49. The molecule has 186 valence electrons. The van der Waals surface area contributed by atoms with Crippen LogP contribution in [0.2, 0.25) is 0 Å². The molecule has 2 heterocycles. The molecular weight excluding hydrogens is 432 g/mol. The minimum absolute atomic E-state index is 0.124. The van der Waals surface area contributed by atoms with E-state index in [0.29, 0.717) is 17.6 Å². The van der Waals surface area contributed by atoms with Crippen molar-refractivity contribution in [1.29, 1.82) is 0 Å². The van der Waals surface area contributed by atoms with Gasteiger partial charge in [-0.15, -0.1) is 0 Å². The van der Waals surface area contributed by atoms with Gasteiger partial charge in [-0.3, -0.25) is 0 Å². The van der Waals surface area contributed by atoms with Gasteiger partial charge < -0.3 is 44.1 Å². The molecule has 2 aliphatic heterocycles. The largest absolute Gasteiger partial charge is 0.493 e. The number of benzene rings is 1. The summed E-state index contributed by atoms with van der Waals surface area (Å²) in [6, 6.07) is 5.22. The Morgan fingerprint density at radius 3 is 2.48 bits per heavy atom. The molecule has 0 amide bonds. The van der Waals surface area contributed by atoms with Gasteiger partial charge in [0, 0.05) is 11.5 Å². The first-order chi connectivity index (χ1) is 15.6. The van der Waals surface area contributed by atoms with E-state index in [2.05, 4.69) is 20.8 Å². The Labute approximate surface area is 194 Å². The summed E-state index contributed by atoms with van der Waals surface area (Å²) in [4.78, 5) is 0. The van der Waals surface area contributed by atoms with E-state index >= 15 is 0 Å². The van der Waals surface area contributed by atoms with E-state index in [1.165, 1.54) is 13.5 Å². The maximum Gasteiger partial charge on any atom is 0.229 e. The molecule has 9 heteroatoms. The number of fused-ring (bicyclic) bond motifs is 1. The lowest BCUT2D eigenvalue weighted by atomic mass is 9.72. The van der Waals surface area contributed by atoms with Gasteiger partial charge in [0.2, 0.25) is 6.29 Å². The molecule has 2 saturated heterocycles. The molecule has 0 radical (unpaired) electrons. The Balaban J connectivity index is 1.52. The highest BCUT2D eigenvalue weighted by Crippen LogP contribution is 2.47. The zero-order chi connectivity index (χ0) is 23.9. The highest BCUT2D eigenvalue weighted by Gasteiger charge is 2.48. The summed E-state index contributed by atoms with van der Waals surface area (Å²) in [6.07, 6.45) is -4.01. The van der Waals surface area contributed by atoms with Gasteiger partial charge in [0.15, 0.2) is 17.8 Å². The van der Waals surface area contributed by atoms with Crippen LogP contribution in [0.1, 0.15) is 51.9 Å². The van der Waals surface area contributed by atoms with E-state index in [-0.39, 0.29) is 17.5 Å². The molecule has 9 nitrogen and oxygen atoms in total. The lowest BCUT2D eigenvalue weighted by Crippen LogP contribution is -2.60. The average Bonchev–Trinajstić information content (AvgIpc) is 2.78. The monoisotopic (exact) mass is 468 g/mol. The first-order valence-electron chi connectivity index (χ1n) is 11.6. The summed E-state index contributed by atoms with van der Waals surface area (Å²) in [6.45, 7) is 5.95. The van der Waals surface area contributed by atoms with Gasteiger partial charge in [0.05, 0.1) is 25.4 Å². The van der Waals surface area contributed by atoms with Gasteiger partial charge in [0.1, 0.15) is 24.4 Å². The maximum absolute atomic E-state index is 10.3. The first kappa shape index (κ1) is 24.7. The van der Waals surface area contributed by atoms with Gasteiger partial charge in [-0.2, -0.15) is 0 Å². The number of methoxy groups -OCH3 is 1. The standard InChI is InChI=1S/C24H36O9/c1-12-5-7-14-16(9-12)31-22(33-24(14,2)3)13-6-8-15(17(10-13)29-4)30-23-21(28)20(27)19(26)18(11-25)32-23/h6,8,10,12,14,16,18-23,25-28H,5,7,9,11H2,1-4H3/t12-,14-,16+,18-,19-,20+,21-,22?,23-/m1/s1. The van der Waals surface area contributed by atoms with Crippen molar-refractivity contribution in [2.24, 2.45) is 11.8 Å². The summed E-state index contributed by atoms with van der Waals surface area (Å²) in [5.74, 6) is 1.60. The smallest absolute Gasteiger partial charge is 0.229 e. The third-order valence-corrected chi connectivity index (χ3v) is 7.21. The molecule has 0 aromatic heterocycles. The molecular formula is C24H36O9. The maximum atomic E-state index is 10.3. The molecule has 1 aliphatic carbocycles. The number of hydrogen-bond donors (Lipinski definition) is 4. The van der Waals surface area contributed by atoms with Crippen LogP contribution in [0.15, 0.2) is 18.2 Å². The van der Waals surface area contributed by atoms with E-state index in [9.17, 15) is 20.4 Å². The Morgan fingerprint density at radius 2 is 1.79 bits per heavy atom. The molecule has 1 aromatic rings. The van der Waals surface area contributed by atoms with Crippen LogP contribution in [-0.4, -0.2) is 76.6 Å². The molecule has 4 N–H and O–H groups in total. The highest BCUT2D eigenvalue weighted by molar-refractivity contribution is 5.43. The fraction of sp³-hybridized carbons (Fsp3) is 0.750. The van der Waals surface area contributed by atoms with Crippen LogP contribution in [0.3, 0.4) is 0 Å². The minimum atomic E-state index is -1.52. The topological polar surface area (TPSA) is 127 Å². The zero-order valence-corrected chi connectivity index (χ0v) is 19.6. The van der Waals surface area contributed by atoms with Crippen molar-refractivity contribution in [3.05, 3.63) is 23.8 Å². The van der Waals surface area contributed by atoms with Crippen LogP contribution in [0, 0.1) is 11.8 Å². The zero-order valence-electron chi connectivity index (χ0n) is 19.6. The number of ether oxygens (including phenoxy) is 5. The molecule has 0 bridgehead atoms. The fourth-order valence-electron chi connectivity index (χ4n) is 5.19. The predicted octanol–water partition coefficient (Wildman–Crippen LogP) is 1.50. The van der Waals surface area contributed by atoms with Gasteiger partial charge in [-0.25, -0.2) is 0 Å². The Kier molecular flexibility index (Phi) is 7.21. The van der Waals surface area contributed by atoms with Gasteiger partial charge >= 0.3 is 0 Å². The van der Waals surface area contributed by atoms with Crippen molar-refractivity contribution < 1.29 is 44.1 Å². The normalized spacial score (nSPS) is 40.7. The molecule has 3 fully saturated rings. The van der Waals surface area contributed by atoms with Gasteiger partial charge in [-0.1, -0.05) is 13.3 Å². The molecule has 1 unspecified atom stereocenters. The number of rotatable bonds is 5. The second-order valence-electron chi connectivity index (χ2n) is 9.98. The lowest BCUT2D eigenvalue weighted by molar-refractivity contribution is -0.314. The molecule has 33 heavy (non-hydrogen) atoms. The first-order valence-corrected chi connectivity index (χ1v) is 11.6. The SMILES string of the molecule is COc1cc(C2O[C@H]3C[C@H](C)CC[C@H]3C(C)(C)O2)ccc1O[C@@H]1O[C@H](CO)[C@@H](O)[C@H](O)[C@H]1O. The molecule has 4 rings (SSSR count). The fourth-order valence-corrected chi connectivity index (χ4v) is 5.19. The van der Waals surface area contributed by atoms with Gasteiger partial charge in [0.25, 0.3) is 0 Å². The second kappa shape index (κ2) is 9.65. The van der Waals surface area contributed by atoms with Crippen molar-refractivity contribution in [1.82, 2.24) is 0 Å². The summed E-state index contributed by atoms with van der Waals surface area (Å²) >= 11 is 0. The van der Waals surface area contributed by atoms with E-state index in [4.69, 9.17) is 23.7 Å². The highest BCUT2D eigenvalue weighted by atomic mass is 16.7. The van der Waals surface area contributed by atoms with E-state index in [0.717, 1.165) is 18.4 Å². The predicted molar refractivity (Wildman–Crippen MR) is 117 cm³/mol. The van der Waals surface area contributed by atoms with Crippen LogP contribution >= 0.6 is 0 Å². The summed E-state index contributed by atoms with van der Waals surface area (Å²) in [5.41, 5.74) is 0.449. The van der Waals surface area contributed by atoms with Crippen LogP contribution in [0.4, 0.5) is 0 Å². The van der Waals surface area contributed by atoms with Crippen molar-refractivity contribution in [3.63, 3.8) is 0 Å². The molecule has 1 saturated carbocycles. The van der Waals surface area contributed by atoms with Crippen LogP contribution < -0.4 is 9.47 Å². The van der Waals surface area contributed by atoms with Crippen molar-refractivity contribution in [3.8, 4) is 11.5 Å². The molecule has 9 atom stereocenters. The Bertz CT molecular complexity index is 813. The van der Waals surface area contributed by atoms with Crippen molar-refractivity contribution in [2.45, 2.75) is 88.7 Å². The van der Waals surface area contributed by atoms with Crippen molar-refractivity contribution >= 4 is 0 Å². The van der Waals surface area contributed by atoms with Crippen LogP contribution in [-0.2, 0) is 14.2 Å². The third kappa shape index (κ3) is 4.86. The van der Waals surface area contributed by atoms with E-state index < -0.39 is 43.6 Å². The van der Waals surface area contributed by atoms with Gasteiger partial charge in [-0.05, 0) is 50.8 Å². The molecule has 1 aromatic carbocycles. The van der Waals surface area contributed by atoms with Crippen molar-refractivity contribution in [2.75, 3.05) is 13.7 Å². The lowest BCUT2D eigenvalue weighted by Gasteiger charge is -2.50. The average molecular weight is 469 g/mol. The minimum Gasteiger partial charge on any atom is -0.493 e. The number of hydrogen-bond acceptors (Lipinski definition) is 9.